The summed E-state index contributed by atoms with van der Waals surface area (Å²) in [7, 11) is 1.60. The van der Waals surface area contributed by atoms with E-state index in [4.69, 9.17) is 15.2 Å². The van der Waals surface area contributed by atoms with E-state index >= 15 is 0 Å². The zero-order chi connectivity index (χ0) is 22.5. The molecule has 2 aromatic rings. The van der Waals surface area contributed by atoms with E-state index in [0.717, 1.165) is 49.0 Å². The molecule has 2 bridgehead atoms. The van der Waals surface area contributed by atoms with Gasteiger partial charge in [0.15, 0.2) is 0 Å². The number of rotatable bonds is 6. The molecular formula is C26H33N3O3. The monoisotopic (exact) mass is 435 g/mol. The highest BCUT2D eigenvalue weighted by Gasteiger charge is 2.39. The van der Waals surface area contributed by atoms with Crippen molar-refractivity contribution < 1.29 is 14.3 Å². The van der Waals surface area contributed by atoms with Gasteiger partial charge in [-0.1, -0.05) is 36.8 Å². The summed E-state index contributed by atoms with van der Waals surface area (Å²) in [6.45, 7) is 2.90. The van der Waals surface area contributed by atoms with Crippen LogP contribution in [0, 0.1) is 6.92 Å². The molecule has 2 atom stereocenters. The number of anilines is 2. The number of hydrogen-bond donors (Lipinski definition) is 2. The smallest absolute Gasteiger partial charge is 0.412 e. The van der Waals surface area contributed by atoms with Crippen molar-refractivity contribution in [2.75, 3.05) is 24.7 Å². The minimum Gasteiger partial charge on any atom is -0.495 e. The predicted molar refractivity (Wildman–Crippen MR) is 129 cm³/mol. The number of ether oxygens (including phenoxy) is 2. The molecule has 2 saturated heterocycles. The Bertz CT molecular complexity index is 943. The van der Waals surface area contributed by atoms with Crippen LogP contribution in [0.25, 0.3) is 6.08 Å². The van der Waals surface area contributed by atoms with Crippen LogP contribution in [-0.4, -0.2) is 42.8 Å². The number of nitrogens with zero attached hydrogens (tertiary/aromatic N) is 1. The van der Waals surface area contributed by atoms with Crippen LogP contribution in [0.5, 0.6) is 5.75 Å². The molecule has 2 aliphatic heterocycles. The van der Waals surface area contributed by atoms with Crippen LogP contribution in [0.3, 0.4) is 0 Å². The lowest BCUT2D eigenvalue weighted by Crippen LogP contribution is -2.54. The first kappa shape index (κ1) is 22.2. The summed E-state index contributed by atoms with van der Waals surface area (Å²) in [5.74, 6) is 0.632. The van der Waals surface area contributed by atoms with Crippen molar-refractivity contribution >= 4 is 23.5 Å². The van der Waals surface area contributed by atoms with E-state index in [1.54, 1.807) is 7.11 Å². The zero-order valence-corrected chi connectivity index (χ0v) is 18.9. The number of hydrogen-bond acceptors (Lipinski definition) is 5. The van der Waals surface area contributed by atoms with Crippen molar-refractivity contribution in [1.29, 1.82) is 0 Å². The molecule has 3 N–H and O–H groups in total. The number of methoxy groups -OCH3 is 1. The Hall–Kier alpha value is -2.99. The van der Waals surface area contributed by atoms with Crippen LogP contribution in [0.15, 0.2) is 48.5 Å². The first-order valence-corrected chi connectivity index (χ1v) is 11.4. The molecule has 4 rings (SSSR count). The highest BCUT2D eigenvalue weighted by Crippen LogP contribution is 2.35. The largest absolute Gasteiger partial charge is 0.495 e. The maximum Gasteiger partial charge on any atom is 0.412 e. The van der Waals surface area contributed by atoms with Gasteiger partial charge in [-0.05, 0) is 55.2 Å². The lowest BCUT2D eigenvalue weighted by molar-refractivity contribution is -0.0240. The zero-order valence-electron chi connectivity index (χ0n) is 18.9. The Morgan fingerprint density at radius 1 is 1.16 bits per heavy atom. The number of aryl methyl sites for hydroxylation is 1. The molecule has 0 aromatic heterocycles. The van der Waals surface area contributed by atoms with Crippen molar-refractivity contribution in [3.63, 3.8) is 0 Å². The fourth-order valence-electron chi connectivity index (χ4n) is 4.95. The number of carbonyl (C=O) groups is 1. The van der Waals surface area contributed by atoms with E-state index in [0.29, 0.717) is 23.5 Å². The Kier molecular flexibility index (Phi) is 7.00. The van der Waals surface area contributed by atoms with Gasteiger partial charge in [-0.15, -0.1) is 0 Å². The Morgan fingerprint density at radius 3 is 2.56 bits per heavy atom. The van der Waals surface area contributed by atoms with Gasteiger partial charge in [0.2, 0.25) is 0 Å². The van der Waals surface area contributed by atoms with Gasteiger partial charge in [-0.25, -0.2) is 4.79 Å². The second-order valence-electron chi connectivity index (χ2n) is 8.83. The molecule has 2 unspecified atom stereocenters. The van der Waals surface area contributed by atoms with Gasteiger partial charge in [0.1, 0.15) is 11.9 Å². The summed E-state index contributed by atoms with van der Waals surface area (Å²) in [5, 5.41) is 2.86. The Balaban J connectivity index is 1.33. The lowest BCUT2D eigenvalue weighted by atomic mass is 9.83. The second kappa shape index (κ2) is 10.1. The maximum absolute atomic E-state index is 12.6. The van der Waals surface area contributed by atoms with Gasteiger partial charge >= 0.3 is 6.09 Å². The van der Waals surface area contributed by atoms with Crippen LogP contribution in [0.4, 0.5) is 16.2 Å². The van der Waals surface area contributed by atoms with Crippen LogP contribution in [0.2, 0.25) is 0 Å². The highest BCUT2D eigenvalue weighted by atomic mass is 16.6. The number of nitrogens with one attached hydrogen (secondary N) is 1. The average molecular weight is 436 g/mol. The summed E-state index contributed by atoms with van der Waals surface area (Å²) in [6.07, 6.45) is 9.22. The number of benzene rings is 2. The number of carbonyl (C=O) groups excluding carboxylic acids is 1. The first-order chi connectivity index (χ1) is 15.5. The molecule has 32 heavy (non-hydrogen) atoms. The normalized spacial score (nSPS) is 23.1. The van der Waals surface area contributed by atoms with Gasteiger partial charge < -0.3 is 15.2 Å². The third-order valence-corrected chi connectivity index (χ3v) is 6.51. The third-order valence-electron chi connectivity index (χ3n) is 6.51. The summed E-state index contributed by atoms with van der Waals surface area (Å²) < 4.78 is 11.2. The predicted octanol–water partition coefficient (Wildman–Crippen LogP) is 5.23. The van der Waals surface area contributed by atoms with Crippen molar-refractivity contribution in [2.24, 2.45) is 0 Å². The van der Waals surface area contributed by atoms with Crippen LogP contribution >= 0.6 is 0 Å². The fourth-order valence-corrected chi connectivity index (χ4v) is 4.95. The van der Waals surface area contributed by atoms with Crippen LogP contribution in [0.1, 0.15) is 43.2 Å². The van der Waals surface area contributed by atoms with Gasteiger partial charge in [-0.3, -0.25) is 10.2 Å². The molecule has 0 radical (unpaired) electrons. The van der Waals surface area contributed by atoms with Gasteiger partial charge in [0.05, 0.1) is 12.8 Å². The molecule has 1 amide bonds. The number of nitrogens with two attached hydrogens (primary N) is 1. The molecule has 2 aliphatic rings. The minimum absolute atomic E-state index is 0.0570. The van der Waals surface area contributed by atoms with E-state index in [2.05, 4.69) is 22.4 Å². The fraction of sp³-hybridized carbons (Fsp3) is 0.423. The summed E-state index contributed by atoms with van der Waals surface area (Å²) >= 11 is 0. The third kappa shape index (κ3) is 5.43. The van der Waals surface area contributed by atoms with Crippen molar-refractivity contribution in [2.45, 2.75) is 57.2 Å². The quantitative estimate of drug-likeness (QED) is 0.607. The van der Waals surface area contributed by atoms with Crippen LogP contribution in [-0.2, 0) is 4.74 Å². The van der Waals surface area contributed by atoms with Gasteiger partial charge in [-0.2, -0.15) is 0 Å². The second-order valence-corrected chi connectivity index (χ2v) is 8.83. The molecular weight excluding hydrogens is 402 g/mol. The Labute approximate surface area is 190 Å². The maximum atomic E-state index is 12.6. The molecule has 2 fully saturated rings. The number of nitrogen functional groups attached to an aromatic ring is 1. The number of fused-ring (bicyclic) bond motifs is 2. The van der Waals surface area contributed by atoms with E-state index in [-0.39, 0.29) is 6.10 Å². The van der Waals surface area contributed by atoms with Crippen molar-refractivity contribution in [1.82, 2.24) is 4.90 Å². The molecule has 0 spiro atoms. The van der Waals surface area contributed by atoms with Crippen molar-refractivity contribution in [3.05, 3.63) is 59.7 Å². The van der Waals surface area contributed by atoms with Gasteiger partial charge in [0, 0.05) is 37.2 Å². The molecule has 0 saturated carbocycles. The van der Waals surface area contributed by atoms with E-state index < -0.39 is 6.09 Å². The standard InChI is InChI=1S/C26H33N3O3/c1-18-8-13-25(31-2)24(15-18)28-26(30)32-23-16-21-6-3-7-22(17-23)29(21)14-4-5-19-9-11-20(27)12-10-19/h4-5,8-13,15,21-23H,3,6-7,14,16-17,27H2,1-2H3,(H,28,30). The van der Waals surface area contributed by atoms with E-state index in [9.17, 15) is 4.79 Å². The molecule has 170 valence electrons. The minimum atomic E-state index is -0.409. The average Bonchev–Trinajstić information content (AvgIpc) is 2.75. The topological polar surface area (TPSA) is 76.8 Å². The summed E-state index contributed by atoms with van der Waals surface area (Å²) in [4.78, 5) is 15.2. The molecule has 0 aliphatic carbocycles. The van der Waals surface area contributed by atoms with Gasteiger partial charge in [0.25, 0.3) is 0 Å². The summed E-state index contributed by atoms with van der Waals surface area (Å²) in [6, 6.07) is 14.5. The van der Waals surface area contributed by atoms with Crippen molar-refractivity contribution in [3.8, 4) is 5.75 Å². The summed E-state index contributed by atoms with van der Waals surface area (Å²) in [5.41, 5.74) is 9.40. The number of amides is 1. The molecule has 2 aromatic carbocycles. The highest BCUT2D eigenvalue weighted by molar-refractivity contribution is 5.87. The SMILES string of the molecule is COc1ccc(C)cc1NC(=O)OC1CC2CCCC(C1)N2CC=Cc1ccc(N)cc1. The van der Waals surface area contributed by atoms with E-state index in [1.165, 1.54) is 6.42 Å². The van der Waals surface area contributed by atoms with E-state index in [1.807, 2.05) is 49.4 Å². The lowest BCUT2D eigenvalue weighted by Gasteiger charge is -2.48. The van der Waals surface area contributed by atoms with Crippen LogP contribution < -0.4 is 15.8 Å². The number of piperidine rings is 2. The molecule has 2 heterocycles. The first-order valence-electron chi connectivity index (χ1n) is 11.4. The molecule has 6 nitrogen and oxygen atoms in total. The Morgan fingerprint density at radius 2 is 1.88 bits per heavy atom. The molecule has 6 heteroatoms.